The summed E-state index contributed by atoms with van der Waals surface area (Å²) in [6, 6.07) is 12.0. The average molecular weight is 814 g/mol. The van der Waals surface area contributed by atoms with E-state index in [1.54, 1.807) is 6.07 Å². The van der Waals surface area contributed by atoms with Gasteiger partial charge in [0.15, 0.2) is 9.84 Å². The van der Waals surface area contributed by atoms with E-state index in [0.29, 0.717) is 24.5 Å². The number of halogens is 1. The highest BCUT2D eigenvalue weighted by atomic mass is 35.5. The van der Waals surface area contributed by atoms with Crippen LogP contribution in [0.25, 0.3) is 0 Å². The molecular weight excluding hydrogens is 756 g/mol. The van der Waals surface area contributed by atoms with Gasteiger partial charge in [-0.25, -0.2) is 12.6 Å². The topological polar surface area (TPSA) is 108 Å². The predicted octanol–water partition coefficient (Wildman–Crippen LogP) is 4.98. The van der Waals surface area contributed by atoms with Crippen LogP contribution >= 0.6 is 11.6 Å². The Kier molecular flexibility index (Phi) is 10.7. The van der Waals surface area contributed by atoms with Crippen molar-refractivity contribution in [2.45, 2.75) is 74.7 Å². The smallest absolute Gasteiger partial charge is 0.262 e. The molecule has 10 nitrogen and oxygen atoms in total. The number of carbonyl (C=O) groups excluding carboxylic acids is 1. The van der Waals surface area contributed by atoms with E-state index >= 15 is 0 Å². The lowest BCUT2D eigenvalue weighted by atomic mass is 9.63. The van der Waals surface area contributed by atoms with Crippen molar-refractivity contribution in [1.82, 2.24) is 14.5 Å². The summed E-state index contributed by atoms with van der Waals surface area (Å²) in [5.74, 6) is 5.52. The molecule has 13 heteroatoms. The van der Waals surface area contributed by atoms with Crippen LogP contribution in [0, 0.1) is 17.8 Å². The third-order valence-electron chi connectivity index (χ3n) is 14.0. The van der Waals surface area contributed by atoms with E-state index in [1.807, 2.05) is 32.2 Å². The van der Waals surface area contributed by atoms with E-state index in [0.717, 1.165) is 94.4 Å². The van der Waals surface area contributed by atoms with E-state index < -0.39 is 25.1 Å². The maximum atomic E-state index is 14.1. The van der Waals surface area contributed by atoms with Crippen molar-refractivity contribution >= 4 is 48.6 Å². The minimum absolute atomic E-state index is 0.0103. The van der Waals surface area contributed by atoms with Gasteiger partial charge in [-0.05, 0) is 111 Å². The molecule has 7 atom stereocenters. The molecule has 1 spiro atoms. The number of carbonyl (C=O) groups is 1. The predicted molar refractivity (Wildman–Crippen MR) is 222 cm³/mol. The number of aryl methyl sites for hydroxylation is 1. The molecule has 55 heavy (non-hydrogen) atoms. The molecule has 2 aliphatic carbocycles. The fourth-order valence-corrected chi connectivity index (χ4v) is 13.5. The van der Waals surface area contributed by atoms with E-state index in [4.69, 9.17) is 21.1 Å². The fourth-order valence-electron chi connectivity index (χ4n) is 10.3. The van der Waals surface area contributed by atoms with Crippen LogP contribution in [0.3, 0.4) is 0 Å². The van der Waals surface area contributed by atoms with Crippen molar-refractivity contribution in [3.05, 3.63) is 70.3 Å². The molecule has 0 aromatic heterocycles. The van der Waals surface area contributed by atoms with Crippen LogP contribution in [0.2, 0.25) is 5.02 Å². The number of allylic oxidation sites excluding steroid dienone is 1. The molecule has 2 aromatic rings. The third kappa shape index (κ3) is 7.60. The monoisotopic (exact) mass is 812 g/mol. The zero-order valence-corrected chi connectivity index (χ0v) is 34.9. The number of fused-ring (bicyclic) bond motifs is 4. The van der Waals surface area contributed by atoms with Gasteiger partial charge in [0.25, 0.3) is 5.91 Å². The van der Waals surface area contributed by atoms with E-state index in [9.17, 15) is 17.4 Å². The van der Waals surface area contributed by atoms with Gasteiger partial charge in [-0.2, -0.15) is 0 Å². The first kappa shape index (κ1) is 39.2. The lowest BCUT2D eigenvalue weighted by molar-refractivity contribution is -0.0961. The number of hydrogen-bond acceptors (Lipinski definition) is 9. The standard InChI is InChI=1S/C42H57ClN4O6S2/c1-29-7-5-16-42(52-3,27-45-17-19-46(20-18-45)35-24-55(50,51)25-35)37-12-9-33(37)23-47-26-41(15-6-8-31-21-34(43)11-13-36(31)41)28-53-39-14-10-32(22-38(39)47)40(48)44-54(4,49)30(29)2/h5,10-11,13-14,16,21-22,29-30,33,35,37H,4,6-9,12,15,17-20,23-28H2,1-3H3,(H,44,48,49)/b16-5+/t29-,30+,33-,37+,41-,42+,54?/m0/s1. The quantitative estimate of drug-likeness (QED) is 0.338. The van der Waals surface area contributed by atoms with Crippen LogP contribution in [0.15, 0.2) is 48.6 Å². The Bertz CT molecular complexity index is 2040. The Hall–Kier alpha value is -2.61. The Balaban J connectivity index is 1.15. The van der Waals surface area contributed by atoms with Crippen molar-refractivity contribution < 1.29 is 26.9 Å². The van der Waals surface area contributed by atoms with Crippen molar-refractivity contribution in [1.29, 1.82) is 0 Å². The molecular formula is C42H57ClN4O6S2. The number of methoxy groups -OCH3 is 1. The second-order valence-electron chi connectivity index (χ2n) is 17.4. The number of rotatable bonds is 4. The first-order valence-corrected chi connectivity index (χ1v) is 24.1. The summed E-state index contributed by atoms with van der Waals surface area (Å²) in [5, 5.41) is 0.379. The molecule has 8 rings (SSSR count). The molecule has 1 N–H and O–H groups in total. The fraction of sp³-hybridized carbons (Fsp3) is 0.619. The number of hydrogen-bond donors (Lipinski definition) is 1. The molecule has 300 valence electrons. The Labute approximate surface area is 333 Å². The van der Waals surface area contributed by atoms with Gasteiger partial charge in [0, 0.05) is 80.2 Å². The van der Waals surface area contributed by atoms with E-state index in [2.05, 4.69) is 56.5 Å². The first-order valence-electron chi connectivity index (χ1n) is 20.1. The highest BCUT2D eigenvalue weighted by molar-refractivity contribution is 7.99. The van der Waals surface area contributed by atoms with Crippen LogP contribution in [0.5, 0.6) is 5.75 Å². The van der Waals surface area contributed by atoms with Gasteiger partial charge in [0.1, 0.15) is 11.4 Å². The van der Waals surface area contributed by atoms with Crippen LogP contribution in [-0.4, -0.2) is 122 Å². The van der Waals surface area contributed by atoms with Gasteiger partial charge in [-0.15, -0.1) is 0 Å². The maximum absolute atomic E-state index is 14.1. The molecule has 1 unspecified atom stereocenters. The number of nitrogens with one attached hydrogen (secondary N) is 1. The normalized spacial score (nSPS) is 36.3. The van der Waals surface area contributed by atoms with Crippen molar-refractivity contribution in [3.63, 3.8) is 0 Å². The van der Waals surface area contributed by atoms with Crippen LogP contribution < -0.4 is 14.4 Å². The average Bonchev–Trinajstić information content (AvgIpc) is 3.28. The summed E-state index contributed by atoms with van der Waals surface area (Å²) in [7, 11) is -4.02. The SMILES string of the molecule is C=S1(=O)NC(=O)c2ccc3c(c2)N(C[C@@H]2CC[C@H]2[C@@](CN2CCN(C4CS(=O)(=O)C4)CC2)(OC)/C=C/C[C@H](C)[C@H]1C)C[C@@]1(CCCc2cc(Cl)ccc21)CO3. The molecule has 6 aliphatic rings. The van der Waals surface area contributed by atoms with Crippen LogP contribution in [-0.2, 0) is 36.1 Å². The molecule has 1 saturated carbocycles. The number of piperazine rings is 1. The van der Waals surface area contributed by atoms with Gasteiger partial charge in [-0.1, -0.05) is 36.7 Å². The molecule has 1 amide bonds. The Morgan fingerprint density at radius 1 is 1.05 bits per heavy atom. The number of anilines is 1. The van der Waals surface area contributed by atoms with Crippen LogP contribution in [0.4, 0.5) is 5.69 Å². The molecule has 3 fully saturated rings. The van der Waals surface area contributed by atoms with Crippen molar-refractivity contribution in [3.8, 4) is 5.75 Å². The zero-order chi connectivity index (χ0) is 38.8. The summed E-state index contributed by atoms with van der Waals surface area (Å²) < 4.78 is 54.2. The molecule has 0 radical (unpaired) electrons. The Morgan fingerprint density at radius 3 is 2.55 bits per heavy atom. The number of sulfone groups is 1. The molecule has 2 saturated heterocycles. The van der Waals surface area contributed by atoms with Gasteiger partial charge in [0.2, 0.25) is 0 Å². The molecule has 2 aromatic carbocycles. The highest BCUT2D eigenvalue weighted by Gasteiger charge is 2.50. The van der Waals surface area contributed by atoms with Gasteiger partial charge < -0.3 is 14.4 Å². The van der Waals surface area contributed by atoms with Crippen LogP contribution in [0.1, 0.15) is 67.4 Å². The second kappa shape index (κ2) is 15.0. The lowest BCUT2D eigenvalue weighted by Crippen LogP contribution is -2.62. The third-order valence-corrected chi connectivity index (χ3v) is 18.3. The molecule has 2 bridgehead atoms. The zero-order valence-electron chi connectivity index (χ0n) is 32.5. The Morgan fingerprint density at radius 2 is 1.84 bits per heavy atom. The summed E-state index contributed by atoms with van der Waals surface area (Å²) in [6.07, 6.45) is 10.3. The number of ether oxygens (including phenoxy) is 2. The molecule has 4 heterocycles. The van der Waals surface area contributed by atoms with Gasteiger partial charge >= 0.3 is 0 Å². The first-order chi connectivity index (χ1) is 26.2. The summed E-state index contributed by atoms with van der Waals surface area (Å²) in [4.78, 5) is 21.1. The van der Waals surface area contributed by atoms with Gasteiger partial charge in [0.05, 0.1) is 33.5 Å². The van der Waals surface area contributed by atoms with E-state index in [-0.39, 0.29) is 46.0 Å². The number of amides is 1. The number of benzene rings is 2. The molecule has 4 aliphatic heterocycles. The van der Waals surface area contributed by atoms with E-state index in [1.165, 1.54) is 11.1 Å². The minimum Gasteiger partial charge on any atom is -0.490 e. The summed E-state index contributed by atoms with van der Waals surface area (Å²) >= 11 is 6.52. The van der Waals surface area contributed by atoms with Crippen molar-refractivity contribution in [2.24, 2.45) is 17.8 Å². The summed E-state index contributed by atoms with van der Waals surface area (Å²) in [6.45, 7) is 10.2. The maximum Gasteiger partial charge on any atom is 0.262 e. The van der Waals surface area contributed by atoms with Crippen molar-refractivity contribution in [2.75, 3.05) is 75.9 Å². The number of nitrogens with zero attached hydrogens (tertiary/aromatic N) is 3. The lowest BCUT2D eigenvalue weighted by Gasteiger charge is -2.52. The summed E-state index contributed by atoms with van der Waals surface area (Å²) in [5.41, 5.74) is 3.08. The highest BCUT2D eigenvalue weighted by Crippen LogP contribution is 2.49. The second-order valence-corrected chi connectivity index (χ2v) is 22.4. The minimum atomic E-state index is -2.99. The van der Waals surface area contributed by atoms with Gasteiger partial charge in [-0.3, -0.25) is 19.3 Å². The largest absolute Gasteiger partial charge is 0.490 e.